The minimum Gasteiger partial charge on any atom is -0.467 e. The van der Waals surface area contributed by atoms with E-state index >= 15 is 0 Å². The fourth-order valence-corrected chi connectivity index (χ4v) is 2.81. The summed E-state index contributed by atoms with van der Waals surface area (Å²) in [5, 5.41) is 2.71. The fourth-order valence-electron chi connectivity index (χ4n) is 2.81. The predicted molar refractivity (Wildman–Crippen MR) is 75.5 cm³/mol. The summed E-state index contributed by atoms with van der Waals surface area (Å²) in [4.78, 5) is 32.7. The number of esters is 1. The second-order valence-corrected chi connectivity index (χ2v) is 5.21. The van der Waals surface area contributed by atoms with Crippen molar-refractivity contribution in [2.45, 2.75) is 25.3 Å². The number of para-hydroxylation sites is 2. The van der Waals surface area contributed by atoms with Crippen molar-refractivity contribution in [3.05, 3.63) is 35.7 Å². The number of nitrogens with one attached hydrogen (secondary N) is 1. The Morgan fingerprint density at radius 1 is 1.14 bits per heavy atom. The first-order chi connectivity index (χ1) is 10.0. The number of benzene rings is 1. The lowest BCUT2D eigenvalue weighted by Gasteiger charge is -2.25. The third kappa shape index (κ3) is 2.22. The monoisotopic (exact) mass is 285 g/mol. The van der Waals surface area contributed by atoms with Crippen molar-refractivity contribution in [2.75, 3.05) is 7.11 Å². The zero-order chi connectivity index (χ0) is 15.0. The van der Waals surface area contributed by atoms with Crippen molar-refractivity contribution in [3.8, 4) is 0 Å². The van der Waals surface area contributed by atoms with E-state index in [4.69, 9.17) is 4.74 Å². The number of carbonyl (C=O) groups excluding carboxylic acids is 2. The van der Waals surface area contributed by atoms with Crippen LogP contribution in [0, 0.1) is 0 Å². The highest BCUT2D eigenvalue weighted by molar-refractivity contribution is 5.89. The van der Waals surface area contributed by atoms with E-state index in [1.54, 1.807) is 0 Å². The Hall–Kier alpha value is -2.50. The molecule has 0 atom stereocenters. The van der Waals surface area contributed by atoms with Gasteiger partial charge in [0.05, 0.1) is 29.5 Å². The molecule has 108 valence electrons. The van der Waals surface area contributed by atoms with Crippen LogP contribution in [0.5, 0.6) is 0 Å². The van der Waals surface area contributed by atoms with Gasteiger partial charge in [0.2, 0.25) is 5.91 Å². The summed E-state index contributed by atoms with van der Waals surface area (Å²) in [5.74, 6) is -0.751. The third-order valence-corrected chi connectivity index (χ3v) is 3.66. The molecule has 0 unspecified atom stereocenters. The highest BCUT2D eigenvalue weighted by Gasteiger charge is 2.47. The van der Waals surface area contributed by atoms with E-state index < -0.39 is 11.5 Å². The van der Waals surface area contributed by atoms with Crippen molar-refractivity contribution in [3.63, 3.8) is 0 Å². The Morgan fingerprint density at radius 3 is 2.10 bits per heavy atom. The molecule has 1 heterocycles. The minimum atomic E-state index is -1.10. The molecular weight excluding hydrogens is 270 g/mol. The molecule has 0 aliphatic heterocycles. The quantitative estimate of drug-likeness (QED) is 0.824. The first-order valence-corrected chi connectivity index (χ1v) is 6.66. The number of methoxy groups -OCH3 is 1. The van der Waals surface area contributed by atoms with Crippen molar-refractivity contribution < 1.29 is 14.3 Å². The van der Waals surface area contributed by atoms with E-state index in [9.17, 15) is 9.59 Å². The van der Waals surface area contributed by atoms with Crippen LogP contribution in [-0.4, -0.2) is 34.5 Å². The van der Waals surface area contributed by atoms with Gasteiger partial charge in [-0.2, -0.15) is 0 Å². The normalized spacial score (nSPS) is 15.5. The molecule has 0 radical (unpaired) electrons. The highest BCUT2D eigenvalue weighted by Crippen LogP contribution is 2.30. The van der Waals surface area contributed by atoms with Crippen LogP contribution in [0.25, 0.3) is 11.0 Å². The Kier molecular flexibility index (Phi) is 3.08. The van der Waals surface area contributed by atoms with Gasteiger partial charge in [-0.1, -0.05) is 12.1 Å². The van der Waals surface area contributed by atoms with Gasteiger partial charge in [-0.15, -0.1) is 0 Å². The maximum absolute atomic E-state index is 12.1. The molecule has 0 saturated heterocycles. The molecule has 0 bridgehead atoms. The molecule has 2 aromatic rings. The summed E-state index contributed by atoms with van der Waals surface area (Å²) in [6.45, 7) is 1.38. The van der Waals surface area contributed by atoms with Gasteiger partial charge in [0.25, 0.3) is 0 Å². The van der Waals surface area contributed by atoms with E-state index in [1.165, 1.54) is 14.0 Å². The maximum Gasteiger partial charge on any atom is 0.332 e. The van der Waals surface area contributed by atoms with Crippen LogP contribution in [0.2, 0.25) is 0 Å². The highest BCUT2D eigenvalue weighted by atomic mass is 16.5. The van der Waals surface area contributed by atoms with Crippen LogP contribution >= 0.6 is 0 Å². The molecule has 1 aliphatic carbocycles. The SMILES string of the molecule is COC(=O)C1(NC(C)=O)Cc2nc3ccccc3nc2C1. The smallest absolute Gasteiger partial charge is 0.332 e. The second kappa shape index (κ2) is 4.80. The number of hydrogen-bond donors (Lipinski definition) is 1. The van der Waals surface area contributed by atoms with Crippen molar-refractivity contribution in [1.82, 2.24) is 15.3 Å². The van der Waals surface area contributed by atoms with E-state index in [0.29, 0.717) is 12.8 Å². The Morgan fingerprint density at radius 2 is 1.67 bits per heavy atom. The number of aromatic nitrogens is 2. The van der Waals surface area contributed by atoms with Gasteiger partial charge in [0.15, 0.2) is 0 Å². The summed E-state index contributed by atoms with van der Waals surface area (Å²) in [7, 11) is 1.31. The summed E-state index contributed by atoms with van der Waals surface area (Å²) < 4.78 is 4.86. The van der Waals surface area contributed by atoms with Crippen LogP contribution in [-0.2, 0) is 27.2 Å². The number of nitrogens with zero attached hydrogens (tertiary/aromatic N) is 2. The number of rotatable bonds is 2. The number of fused-ring (bicyclic) bond motifs is 2. The molecule has 0 saturated carbocycles. The van der Waals surface area contributed by atoms with E-state index in [0.717, 1.165) is 22.4 Å². The number of amides is 1. The summed E-state index contributed by atoms with van der Waals surface area (Å²) in [5.41, 5.74) is 1.92. The largest absolute Gasteiger partial charge is 0.467 e. The van der Waals surface area contributed by atoms with Crippen LogP contribution < -0.4 is 5.32 Å². The van der Waals surface area contributed by atoms with Crippen LogP contribution in [0.3, 0.4) is 0 Å². The molecule has 0 spiro atoms. The number of ether oxygens (including phenoxy) is 1. The molecule has 3 rings (SSSR count). The zero-order valence-corrected chi connectivity index (χ0v) is 11.8. The fraction of sp³-hybridized carbons (Fsp3) is 0.333. The average Bonchev–Trinajstić information content (AvgIpc) is 2.80. The molecule has 21 heavy (non-hydrogen) atoms. The van der Waals surface area contributed by atoms with Crippen LogP contribution in [0.1, 0.15) is 18.3 Å². The van der Waals surface area contributed by atoms with E-state index in [2.05, 4.69) is 15.3 Å². The van der Waals surface area contributed by atoms with Gasteiger partial charge in [0.1, 0.15) is 5.54 Å². The molecule has 6 nitrogen and oxygen atoms in total. The molecule has 1 aliphatic rings. The van der Waals surface area contributed by atoms with Crippen LogP contribution in [0.4, 0.5) is 0 Å². The topological polar surface area (TPSA) is 81.2 Å². The summed E-state index contributed by atoms with van der Waals surface area (Å²) in [6.07, 6.45) is 0.596. The lowest BCUT2D eigenvalue weighted by Crippen LogP contribution is -2.55. The molecule has 6 heteroatoms. The van der Waals surface area contributed by atoms with Crippen molar-refractivity contribution >= 4 is 22.9 Å². The third-order valence-electron chi connectivity index (χ3n) is 3.66. The molecule has 1 aromatic heterocycles. The zero-order valence-electron chi connectivity index (χ0n) is 11.8. The van der Waals surface area contributed by atoms with Gasteiger partial charge in [-0.05, 0) is 12.1 Å². The maximum atomic E-state index is 12.1. The number of hydrogen-bond acceptors (Lipinski definition) is 5. The minimum absolute atomic E-state index is 0.280. The first-order valence-electron chi connectivity index (χ1n) is 6.66. The second-order valence-electron chi connectivity index (χ2n) is 5.21. The van der Waals surface area contributed by atoms with E-state index in [1.807, 2.05) is 24.3 Å². The van der Waals surface area contributed by atoms with E-state index in [-0.39, 0.29) is 5.91 Å². The summed E-state index contributed by atoms with van der Waals surface area (Å²) >= 11 is 0. The predicted octanol–water partition coefficient (Wildman–Crippen LogP) is 0.776. The van der Waals surface area contributed by atoms with Gasteiger partial charge in [-0.25, -0.2) is 14.8 Å². The summed E-state index contributed by atoms with van der Waals surface area (Å²) in [6, 6.07) is 7.53. The van der Waals surface area contributed by atoms with Crippen LogP contribution in [0.15, 0.2) is 24.3 Å². The number of carbonyl (C=O) groups is 2. The molecule has 0 fully saturated rings. The first kappa shape index (κ1) is 13.5. The standard InChI is InChI=1S/C15H15N3O3/c1-9(19)18-15(14(20)21-2)7-12-13(8-15)17-11-6-4-3-5-10(11)16-12/h3-6H,7-8H2,1-2H3,(H,18,19). The Bertz CT molecular complexity index is 698. The molecular formula is C15H15N3O3. The lowest BCUT2D eigenvalue weighted by atomic mass is 9.96. The van der Waals surface area contributed by atoms with Gasteiger partial charge in [0, 0.05) is 19.8 Å². The van der Waals surface area contributed by atoms with Gasteiger partial charge < -0.3 is 10.1 Å². The molecule has 1 aromatic carbocycles. The Balaban J connectivity index is 2.06. The molecule has 1 N–H and O–H groups in total. The van der Waals surface area contributed by atoms with Crippen molar-refractivity contribution in [1.29, 1.82) is 0 Å². The Labute approximate surface area is 121 Å². The van der Waals surface area contributed by atoms with Crippen molar-refractivity contribution in [2.24, 2.45) is 0 Å². The van der Waals surface area contributed by atoms with Gasteiger partial charge >= 0.3 is 5.97 Å². The lowest BCUT2D eigenvalue weighted by molar-refractivity contribution is -0.150. The average molecular weight is 285 g/mol. The molecule has 1 amide bonds. The van der Waals surface area contributed by atoms with Gasteiger partial charge in [-0.3, -0.25) is 4.79 Å².